The molecule has 20 heavy (non-hydrogen) atoms. The van der Waals surface area contributed by atoms with E-state index in [9.17, 15) is 13.2 Å². The lowest BCUT2D eigenvalue weighted by Crippen LogP contribution is -2.04. The summed E-state index contributed by atoms with van der Waals surface area (Å²) in [5.74, 6) is 0. The van der Waals surface area contributed by atoms with Crippen molar-refractivity contribution in [2.45, 2.75) is 6.18 Å². The normalized spacial score (nSPS) is 12.0. The second kappa shape index (κ2) is 4.68. The minimum Gasteiger partial charge on any atom is -0.200 e. The largest absolute Gasteiger partial charge is 0.416 e. The van der Waals surface area contributed by atoms with Gasteiger partial charge in [0.1, 0.15) is 5.69 Å². The van der Waals surface area contributed by atoms with Gasteiger partial charge in [-0.1, -0.05) is 23.7 Å². The van der Waals surface area contributed by atoms with Gasteiger partial charge in [0.2, 0.25) is 0 Å². The number of alkyl halides is 3. The standard InChI is InChI=1S/C12H5ClF3N3S/c13-11-10-8(5-17-20-10)9(18-19-11)6-1-3-7(4-2-6)12(14,15)16/h1-5H. The highest BCUT2D eigenvalue weighted by Crippen LogP contribution is 2.34. The van der Waals surface area contributed by atoms with Crippen LogP contribution in [0.3, 0.4) is 0 Å². The Kier molecular flexibility index (Phi) is 3.10. The first-order valence-electron chi connectivity index (χ1n) is 5.41. The molecule has 8 heteroatoms. The second-order valence-electron chi connectivity index (χ2n) is 3.98. The van der Waals surface area contributed by atoms with E-state index in [-0.39, 0.29) is 5.15 Å². The molecule has 0 bridgehead atoms. The second-order valence-corrected chi connectivity index (χ2v) is 5.14. The Morgan fingerprint density at radius 2 is 1.75 bits per heavy atom. The average Bonchev–Trinajstić information content (AvgIpc) is 2.88. The summed E-state index contributed by atoms with van der Waals surface area (Å²) < 4.78 is 42.2. The van der Waals surface area contributed by atoms with Crippen LogP contribution >= 0.6 is 23.1 Å². The first-order valence-corrected chi connectivity index (χ1v) is 6.56. The van der Waals surface area contributed by atoms with Crippen molar-refractivity contribution in [2.75, 3.05) is 0 Å². The maximum Gasteiger partial charge on any atom is 0.416 e. The Balaban J connectivity index is 2.12. The summed E-state index contributed by atoms with van der Waals surface area (Å²) in [6.45, 7) is 0. The zero-order valence-electron chi connectivity index (χ0n) is 9.65. The molecule has 2 aromatic heterocycles. The highest BCUT2D eigenvalue weighted by Gasteiger charge is 2.30. The average molecular weight is 316 g/mol. The number of halogens is 4. The molecular formula is C12H5ClF3N3S. The molecule has 0 aliphatic rings. The van der Waals surface area contributed by atoms with Gasteiger partial charge in [-0.3, -0.25) is 0 Å². The molecule has 0 saturated heterocycles. The fraction of sp³-hybridized carbons (Fsp3) is 0.0833. The quantitative estimate of drug-likeness (QED) is 0.667. The van der Waals surface area contributed by atoms with E-state index in [0.717, 1.165) is 12.1 Å². The molecule has 3 nitrogen and oxygen atoms in total. The van der Waals surface area contributed by atoms with Crippen LogP contribution in [0.25, 0.3) is 21.3 Å². The molecule has 0 amide bonds. The Morgan fingerprint density at radius 3 is 2.40 bits per heavy atom. The Labute approximate surface area is 120 Å². The lowest BCUT2D eigenvalue weighted by molar-refractivity contribution is -0.137. The molecule has 0 saturated carbocycles. The monoisotopic (exact) mass is 315 g/mol. The van der Waals surface area contributed by atoms with Crippen LogP contribution in [0.15, 0.2) is 30.5 Å². The molecule has 0 radical (unpaired) electrons. The molecule has 3 aromatic rings. The van der Waals surface area contributed by atoms with Crippen molar-refractivity contribution in [3.05, 3.63) is 41.2 Å². The third-order valence-corrected chi connectivity index (χ3v) is 3.92. The topological polar surface area (TPSA) is 38.7 Å². The molecule has 0 spiro atoms. The number of rotatable bonds is 1. The van der Waals surface area contributed by atoms with Gasteiger partial charge in [0.15, 0.2) is 5.15 Å². The molecule has 0 aliphatic heterocycles. The number of hydrogen-bond acceptors (Lipinski definition) is 4. The number of nitrogens with zero attached hydrogens (tertiary/aromatic N) is 3. The highest BCUT2D eigenvalue weighted by molar-refractivity contribution is 7.14. The lowest BCUT2D eigenvalue weighted by Gasteiger charge is -2.07. The van der Waals surface area contributed by atoms with Crippen LogP contribution in [-0.4, -0.2) is 14.6 Å². The van der Waals surface area contributed by atoms with Gasteiger partial charge in [-0.2, -0.15) is 17.5 Å². The SMILES string of the molecule is FC(F)(F)c1ccc(-c2nnc(Cl)c3sncc23)cc1. The van der Waals surface area contributed by atoms with E-state index in [1.807, 2.05) is 0 Å². The summed E-state index contributed by atoms with van der Waals surface area (Å²) in [6, 6.07) is 4.74. The molecule has 0 N–H and O–H groups in total. The van der Waals surface area contributed by atoms with Crippen molar-refractivity contribution < 1.29 is 13.2 Å². The van der Waals surface area contributed by atoms with Gasteiger partial charge in [0.05, 0.1) is 16.5 Å². The molecule has 0 aliphatic carbocycles. The molecule has 1 aromatic carbocycles. The van der Waals surface area contributed by atoms with Gasteiger partial charge in [0, 0.05) is 10.9 Å². The van der Waals surface area contributed by atoms with Crippen LogP contribution < -0.4 is 0 Å². The zero-order valence-corrected chi connectivity index (χ0v) is 11.2. The van der Waals surface area contributed by atoms with Crippen molar-refractivity contribution in [1.82, 2.24) is 14.6 Å². The Morgan fingerprint density at radius 1 is 1.05 bits per heavy atom. The third kappa shape index (κ3) is 2.23. The summed E-state index contributed by atoms with van der Waals surface area (Å²) in [4.78, 5) is 0. The van der Waals surface area contributed by atoms with Crippen molar-refractivity contribution >= 4 is 33.2 Å². The predicted molar refractivity (Wildman–Crippen MR) is 70.7 cm³/mol. The Bertz CT molecular complexity index is 768. The third-order valence-electron chi connectivity index (χ3n) is 2.74. The van der Waals surface area contributed by atoms with E-state index in [1.54, 1.807) is 6.20 Å². The van der Waals surface area contributed by atoms with Crippen molar-refractivity contribution in [1.29, 1.82) is 0 Å². The molecule has 0 unspecified atom stereocenters. The lowest BCUT2D eigenvalue weighted by atomic mass is 10.1. The maximum absolute atomic E-state index is 12.5. The molecule has 2 heterocycles. The first-order chi connectivity index (χ1) is 9.47. The summed E-state index contributed by atoms with van der Waals surface area (Å²) in [6.07, 6.45) is -2.78. The van der Waals surface area contributed by atoms with E-state index in [4.69, 9.17) is 11.6 Å². The molecule has 102 valence electrons. The molecule has 0 atom stereocenters. The maximum atomic E-state index is 12.5. The summed E-state index contributed by atoms with van der Waals surface area (Å²) in [5, 5.41) is 8.65. The van der Waals surface area contributed by atoms with E-state index >= 15 is 0 Å². The van der Waals surface area contributed by atoms with Crippen LogP contribution in [0.2, 0.25) is 5.15 Å². The fourth-order valence-electron chi connectivity index (χ4n) is 1.78. The summed E-state index contributed by atoms with van der Waals surface area (Å²) in [5.41, 5.74) is 0.294. The van der Waals surface area contributed by atoms with E-state index in [2.05, 4.69) is 14.6 Å². The van der Waals surface area contributed by atoms with E-state index < -0.39 is 11.7 Å². The van der Waals surface area contributed by atoms with Crippen LogP contribution in [-0.2, 0) is 6.18 Å². The van der Waals surface area contributed by atoms with Crippen LogP contribution in [0, 0.1) is 0 Å². The van der Waals surface area contributed by atoms with Crippen molar-refractivity contribution in [2.24, 2.45) is 0 Å². The van der Waals surface area contributed by atoms with Gasteiger partial charge >= 0.3 is 6.18 Å². The Hall–Kier alpha value is -1.73. The zero-order chi connectivity index (χ0) is 14.3. The van der Waals surface area contributed by atoms with Gasteiger partial charge in [0.25, 0.3) is 0 Å². The smallest absolute Gasteiger partial charge is 0.200 e. The van der Waals surface area contributed by atoms with Gasteiger partial charge in [-0.25, -0.2) is 0 Å². The first kappa shape index (κ1) is 13.3. The van der Waals surface area contributed by atoms with Crippen molar-refractivity contribution in [3.8, 4) is 11.3 Å². The highest BCUT2D eigenvalue weighted by atomic mass is 35.5. The fourth-order valence-corrected chi connectivity index (χ4v) is 2.65. The molecular weight excluding hydrogens is 311 g/mol. The number of aromatic nitrogens is 3. The molecule has 0 fully saturated rings. The minimum absolute atomic E-state index is 0.234. The van der Waals surface area contributed by atoms with Gasteiger partial charge in [-0.15, -0.1) is 10.2 Å². The van der Waals surface area contributed by atoms with Crippen LogP contribution in [0.4, 0.5) is 13.2 Å². The van der Waals surface area contributed by atoms with Crippen molar-refractivity contribution in [3.63, 3.8) is 0 Å². The van der Waals surface area contributed by atoms with E-state index in [0.29, 0.717) is 21.3 Å². The summed E-state index contributed by atoms with van der Waals surface area (Å²) in [7, 11) is 0. The van der Waals surface area contributed by atoms with Crippen LogP contribution in [0.1, 0.15) is 5.56 Å². The van der Waals surface area contributed by atoms with Gasteiger partial charge < -0.3 is 0 Å². The number of fused-ring (bicyclic) bond motifs is 1. The van der Waals surface area contributed by atoms with E-state index in [1.165, 1.54) is 23.7 Å². The number of hydrogen-bond donors (Lipinski definition) is 0. The number of benzene rings is 1. The van der Waals surface area contributed by atoms with Crippen LogP contribution in [0.5, 0.6) is 0 Å². The van der Waals surface area contributed by atoms with Gasteiger partial charge in [-0.05, 0) is 23.7 Å². The summed E-state index contributed by atoms with van der Waals surface area (Å²) >= 11 is 7.06. The molecule has 3 rings (SSSR count). The minimum atomic E-state index is -4.36. The predicted octanol–water partition coefficient (Wildman–Crippen LogP) is 4.43.